The zero-order valence-corrected chi connectivity index (χ0v) is 13.6. The maximum Gasteiger partial charge on any atom is 0.0737 e. The highest BCUT2D eigenvalue weighted by Gasteiger charge is 2.30. The van der Waals surface area contributed by atoms with Gasteiger partial charge < -0.3 is 9.88 Å². The van der Waals surface area contributed by atoms with Gasteiger partial charge in [-0.3, -0.25) is 4.98 Å². The van der Waals surface area contributed by atoms with Gasteiger partial charge in [0.1, 0.15) is 0 Å². The first-order chi connectivity index (χ1) is 10.3. The first-order valence-electron chi connectivity index (χ1n) is 7.48. The molecule has 0 saturated carbocycles. The lowest BCUT2D eigenvalue weighted by Crippen LogP contribution is -2.38. The van der Waals surface area contributed by atoms with Crippen molar-refractivity contribution < 1.29 is 0 Å². The number of fused-ring (bicyclic) bond motifs is 3. The largest absolute Gasteiger partial charge is 0.346 e. The van der Waals surface area contributed by atoms with Gasteiger partial charge in [0.15, 0.2) is 0 Å². The molecule has 114 valence electrons. The van der Waals surface area contributed by atoms with Crippen LogP contribution in [-0.2, 0) is 13.5 Å². The SMILES string of the molecule is CC1Cc2c(n(C)c3ccccc23)C(c2ccncc2)N1.Cl. The molecule has 1 aromatic carbocycles. The van der Waals surface area contributed by atoms with Crippen LogP contribution in [0.5, 0.6) is 0 Å². The summed E-state index contributed by atoms with van der Waals surface area (Å²) in [4.78, 5) is 4.15. The van der Waals surface area contributed by atoms with Crippen molar-refractivity contribution in [2.24, 2.45) is 7.05 Å². The minimum Gasteiger partial charge on any atom is -0.346 e. The molecule has 0 fully saturated rings. The summed E-state index contributed by atoms with van der Waals surface area (Å²) in [5, 5.41) is 5.13. The fraction of sp³-hybridized carbons (Fsp3) is 0.278. The molecule has 1 aliphatic heterocycles. The third-order valence-electron chi connectivity index (χ3n) is 4.54. The third-order valence-corrected chi connectivity index (χ3v) is 4.54. The summed E-state index contributed by atoms with van der Waals surface area (Å²) in [6, 6.07) is 13.6. The Morgan fingerprint density at radius 3 is 2.64 bits per heavy atom. The molecule has 3 nitrogen and oxygen atoms in total. The van der Waals surface area contributed by atoms with Gasteiger partial charge in [0.2, 0.25) is 0 Å². The highest BCUT2D eigenvalue weighted by atomic mass is 35.5. The zero-order valence-electron chi connectivity index (χ0n) is 12.8. The maximum atomic E-state index is 4.15. The molecule has 1 N–H and O–H groups in total. The highest BCUT2D eigenvalue weighted by Crippen LogP contribution is 2.36. The predicted molar refractivity (Wildman–Crippen MR) is 92.5 cm³/mol. The Hall–Kier alpha value is -1.84. The molecule has 4 rings (SSSR count). The van der Waals surface area contributed by atoms with Gasteiger partial charge in [-0.15, -0.1) is 12.4 Å². The number of pyridine rings is 1. The number of hydrogen-bond donors (Lipinski definition) is 1. The van der Waals surface area contributed by atoms with Crippen LogP contribution in [-0.4, -0.2) is 15.6 Å². The van der Waals surface area contributed by atoms with E-state index in [2.05, 4.69) is 65.2 Å². The van der Waals surface area contributed by atoms with Crippen molar-refractivity contribution in [2.45, 2.75) is 25.4 Å². The van der Waals surface area contributed by atoms with Crippen LogP contribution >= 0.6 is 12.4 Å². The topological polar surface area (TPSA) is 29.9 Å². The number of aryl methyl sites for hydroxylation is 1. The van der Waals surface area contributed by atoms with E-state index in [0.717, 1.165) is 6.42 Å². The van der Waals surface area contributed by atoms with Crippen LogP contribution in [0.3, 0.4) is 0 Å². The zero-order chi connectivity index (χ0) is 14.4. The van der Waals surface area contributed by atoms with Crippen molar-refractivity contribution in [3.8, 4) is 0 Å². The summed E-state index contributed by atoms with van der Waals surface area (Å²) in [5.41, 5.74) is 5.47. The number of rotatable bonds is 1. The second kappa shape index (κ2) is 5.75. The van der Waals surface area contributed by atoms with Crippen molar-refractivity contribution in [3.05, 3.63) is 65.6 Å². The van der Waals surface area contributed by atoms with E-state index in [1.165, 1.54) is 27.7 Å². The Kier molecular flexibility index (Phi) is 3.94. The number of aromatic nitrogens is 2. The molecule has 0 spiro atoms. The van der Waals surface area contributed by atoms with Gasteiger partial charge in [-0.1, -0.05) is 18.2 Å². The normalized spacial score (nSPS) is 20.5. The molecule has 0 amide bonds. The van der Waals surface area contributed by atoms with E-state index in [1.807, 2.05) is 12.4 Å². The molecule has 0 bridgehead atoms. The number of para-hydroxylation sites is 1. The summed E-state index contributed by atoms with van der Waals surface area (Å²) in [6.07, 6.45) is 4.83. The van der Waals surface area contributed by atoms with Gasteiger partial charge >= 0.3 is 0 Å². The lowest BCUT2D eigenvalue weighted by molar-refractivity contribution is 0.450. The molecule has 22 heavy (non-hydrogen) atoms. The number of halogens is 1. The van der Waals surface area contributed by atoms with Crippen LogP contribution in [0.2, 0.25) is 0 Å². The molecule has 4 heteroatoms. The second-order valence-electron chi connectivity index (χ2n) is 5.93. The van der Waals surface area contributed by atoms with Crippen molar-refractivity contribution in [1.29, 1.82) is 0 Å². The molecule has 2 unspecified atom stereocenters. The van der Waals surface area contributed by atoms with E-state index >= 15 is 0 Å². The van der Waals surface area contributed by atoms with Gasteiger partial charge in [0.05, 0.1) is 6.04 Å². The Morgan fingerprint density at radius 1 is 1.14 bits per heavy atom. The van der Waals surface area contributed by atoms with Crippen LogP contribution in [0.25, 0.3) is 10.9 Å². The number of benzene rings is 1. The number of nitrogens with zero attached hydrogens (tertiary/aromatic N) is 2. The molecular weight excluding hydrogens is 294 g/mol. The molecule has 0 aliphatic carbocycles. The predicted octanol–water partition coefficient (Wildman–Crippen LogP) is 3.62. The summed E-state index contributed by atoms with van der Waals surface area (Å²) in [6.45, 7) is 2.26. The van der Waals surface area contributed by atoms with Gasteiger partial charge in [-0.05, 0) is 42.7 Å². The average Bonchev–Trinajstić information content (AvgIpc) is 2.81. The molecule has 3 heterocycles. The van der Waals surface area contributed by atoms with Crippen LogP contribution in [0.1, 0.15) is 29.8 Å². The van der Waals surface area contributed by atoms with Crippen LogP contribution in [0.4, 0.5) is 0 Å². The van der Waals surface area contributed by atoms with Crippen molar-refractivity contribution in [2.75, 3.05) is 0 Å². The number of nitrogens with one attached hydrogen (secondary N) is 1. The van der Waals surface area contributed by atoms with Crippen molar-refractivity contribution in [1.82, 2.24) is 14.9 Å². The van der Waals surface area contributed by atoms with Crippen molar-refractivity contribution in [3.63, 3.8) is 0 Å². The minimum absolute atomic E-state index is 0. The quantitative estimate of drug-likeness (QED) is 0.743. The third kappa shape index (κ3) is 2.21. The second-order valence-corrected chi connectivity index (χ2v) is 5.93. The van der Waals surface area contributed by atoms with Crippen molar-refractivity contribution >= 4 is 23.3 Å². The van der Waals surface area contributed by atoms with Crippen LogP contribution in [0, 0.1) is 0 Å². The van der Waals surface area contributed by atoms with E-state index in [1.54, 1.807) is 0 Å². The summed E-state index contributed by atoms with van der Waals surface area (Å²) < 4.78 is 2.34. The molecule has 1 aliphatic rings. The van der Waals surface area contributed by atoms with Crippen LogP contribution < -0.4 is 5.32 Å². The average molecular weight is 314 g/mol. The Morgan fingerprint density at radius 2 is 1.86 bits per heavy atom. The number of hydrogen-bond acceptors (Lipinski definition) is 2. The van der Waals surface area contributed by atoms with E-state index in [4.69, 9.17) is 0 Å². The molecule has 0 saturated heterocycles. The Balaban J connectivity index is 0.00000144. The molecule has 2 aromatic heterocycles. The van der Waals surface area contributed by atoms with E-state index in [-0.39, 0.29) is 18.4 Å². The van der Waals surface area contributed by atoms with Crippen LogP contribution in [0.15, 0.2) is 48.8 Å². The first-order valence-corrected chi connectivity index (χ1v) is 7.48. The molecule has 2 atom stereocenters. The molecular formula is C18H20ClN3. The van der Waals surface area contributed by atoms with E-state index in [0.29, 0.717) is 6.04 Å². The minimum atomic E-state index is 0. The summed E-state index contributed by atoms with van der Waals surface area (Å²) in [7, 11) is 2.17. The van der Waals surface area contributed by atoms with E-state index < -0.39 is 0 Å². The Labute approximate surface area is 136 Å². The highest BCUT2D eigenvalue weighted by molar-refractivity contribution is 5.86. The summed E-state index contributed by atoms with van der Waals surface area (Å²) in [5.74, 6) is 0. The molecule has 0 radical (unpaired) electrons. The monoisotopic (exact) mass is 313 g/mol. The van der Waals surface area contributed by atoms with Gasteiger partial charge in [0.25, 0.3) is 0 Å². The van der Waals surface area contributed by atoms with Gasteiger partial charge in [-0.2, -0.15) is 0 Å². The molecule has 3 aromatic rings. The maximum absolute atomic E-state index is 4.15. The fourth-order valence-electron chi connectivity index (χ4n) is 3.61. The Bertz CT molecular complexity index is 795. The standard InChI is InChI=1S/C18H19N3.ClH/c1-12-11-15-14-5-3-4-6-16(14)21(2)18(15)17(20-12)13-7-9-19-10-8-13;/h3-10,12,17,20H,11H2,1-2H3;1H. The lowest BCUT2D eigenvalue weighted by Gasteiger charge is -2.31. The lowest BCUT2D eigenvalue weighted by atomic mass is 9.91. The smallest absolute Gasteiger partial charge is 0.0737 e. The van der Waals surface area contributed by atoms with Gasteiger partial charge in [0, 0.05) is 42.1 Å². The fourth-order valence-corrected chi connectivity index (χ4v) is 3.61. The first kappa shape index (κ1) is 15.1. The summed E-state index contributed by atoms with van der Waals surface area (Å²) >= 11 is 0. The van der Waals surface area contributed by atoms with Gasteiger partial charge in [-0.25, -0.2) is 0 Å². The van der Waals surface area contributed by atoms with E-state index in [9.17, 15) is 0 Å².